The van der Waals surface area contributed by atoms with Crippen molar-refractivity contribution in [1.82, 2.24) is 0 Å². The van der Waals surface area contributed by atoms with Gasteiger partial charge in [0.25, 0.3) is 10.0 Å². The summed E-state index contributed by atoms with van der Waals surface area (Å²) in [5.74, 6) is 0.0403. The third kappa shape index (κ3) is 3.16. The largest absolute Gasteiger partial charge is 0.508 e. The Hall–Kier alpha value is -1.05. The van der Waals surface area contributed by atoms with Crippen LogP contribution in [0, 0.1) is 6.92 Å². The number of phenolic OH excluding ortho intramolecular Hbond substituents is 1. The van der Waals surface area contributed by atoms with Crippen LogP contribution in [0.5, 0.6) is 5.75 Å². The van der Waals surface area contributed by atoms with Crippen molar-refractivity contribution in [2.24, 2.45) is 0 Å². The minimum absolute atomic E-state index is 0.0403. The quantitative estimate of drug-likeness (QED) is 0.787. The fraction of sp³-hybridized carbons (Fsp3) is 0.0769. The van der Waals surface area contributed by atoms with Crippen molar-refractivity contribution < 1.29 is 13.5 Å². The van der Waals surface area contributed by atoms with E-state index in [-0.39, 0.29) is 10.6 Å². The van der Waals surface area contributed by atoms with E-state index in [0.717, 1.165) is 0 Å². The van der Waals surface area contributed by atoms with E-state index in [1.807, 2.05) is 0 Å². The number of rotatable bonds is 3. The van der Waals surface area contributed by atoms with Crippen LogP contribution in [-0.4, -0.2) is 13.5 Å². The summed E-state index contributed by atoms with van der Waals surface area (Å²) in [4.78, 5) is 0.120. The van der Waals surface area contributed by atoms with E-state index in [9.17, 15) is 13.5 Å². The van der Waals surface area contributed by atoms with Crippen LogP contribution in [0.4, 0.5) is 5.69 Å². The molecule has 0 aliphatic heterocycles. The molecule has 0 bridgehead atoms. The number of anilines is 1. The molecular weight excluding hydrogens is 410 g/mol. The summed E-state index contributed by atoms with van der Waals surface area (Å²) in [6.45, 7) is 1.64. The van der Waals surface area contributed by atoms with Crippen molar-refractivity contribution in [2.45, 2.75) is 11.8 Å². The Morgan fingerprint density at radius 1 is 1.15 bits per heavy atom. The van der Waals surface area contributed by atoms with Gasteiger partial charge in [-0.05, 0) is 53.2 Å². The zero-order valence-corrected chi connectivity index (χ0v) is 14.4. The first-order valence-electron chi connectivity index (χ1n) is 5.58. The molecule has 2 N–H and O–H groups in total. The molecular formula is C13H11Br2NO3S. The van der Waals surface area contributed by atoms with Crippen LogP contribution in [0.3, 0.4) is 0 Å². The molecule has 4 nitrogen and oxygen atoms in total. The van der Waals surface area contributed by atoms with Crippen LogP contribution in [0.1, 0.15) is 5.56 Å². The van der Waals surface area contributed by atoms with Gasteiger partial charge in [0.2, 0.25) is 0 Å². The summed E-state index contributed by atoms with van der Waals surface area (Å²) in [6, 6.07) is 9.57. The van der Waals surface area contributed by atoms with Crippen LogP contribution in [0.15, 0.2) is 50.2 Å². The highest BCUT2D eigenvalue weighted by atomic mass is 79.9. The molecule has 106 valence electrons. The number of benzene rings is 2. The molecule has 7 heteroatoms. The highest BCUT2D eigenvalue weighted by Gasteiger charge is 2.19. The van der Waals surface area contributed by atoms with E-state index in [1.54, 1.807) is 31.2 Å². The van der Waals surface area contributed by atoms with Gasteiger partial charge in [0, 0.05) is 14.5 Å². The number of hydrogen-bond donors (Lipinski definition) is 2. The average molecular weight is 421 g/mol. The minimum atomic E-state index is -3.74. The smallest absolute Gasteiger partial charge is 0.263 e. The summed E-state index contributed by atoms with van der Waals surface area (Å²) in [6.07, 6.45) is 0. The molecule has 2 aromatic rings. The predicted octanol–water partition coefficient (Wildman–Crippen LogP) is 4.03. The van der Waals surface area contributed by atoms with Crippen LogP contribution in [0.2, 0.25) is 0 Å². The normalized spacial score (nSPS) is 11.3. The standard InChI is InChI=1S/C13H11Br2NO3S/c1-8-11(3-2-4-12(8)17)16-20(18,19)13-7-9(14)5-6-10(13)15/h2-7,16-17H,1H3. The summed E-state index contributed by atoms with van der Waals surface area (Å²) in [5, 5.41) is 9.61. The van der Waals surface area contributed by atoms with Gasteiger partial charge in [-0.15, -0.1) is 0 Å². The first-order chi connectivity index (χ1) is 9.31. The van der Waals surface area contributed by atoms with E-state index in [4.69, 9.17) is 0 Å². The molecule has 0 saturated heterocycles. The number of hydrogen-bond acceptors (Lipinski definition) is 3. The number of nitrogens with one attached hydrogen (secondary N) is 1. The maximum Gasteiger partial charge on any atom is 0.263 e. The summed E-state index contributed by atoms with van der Waals surface area (Å²) in [5.41, 5.74) is 0.819. The Morgan fingerprint density at radius 3 is 2.55 bits per heavy atom. The van der Waals surface area contributed by atoms with E-state index in [2.05, 4.69) is 36.6 Å². The van der Waals surface area contributed by atoms with Gasteiger partial charge in [-0.3, -0.25) is 4.72 Å². The van der Waals surface area contributed by atoms with Gasteiger partial charge >= 0.3 is 0 Å². The second-order valence-electron chi connectivity index (χ2n) is 4.13. The number of halogens is 2. The average Bonchev–Trinajstić information content (AvgIpc) is 2.37. The molecule has 0 aliphatic rings. The Kier molecular flexibility index (Phi) is 4.41. The van der Waals surface area contributed by atoms with Crippen molar-refractivity contribution in [3.05, 3.63) is 50.9 Å². The molecule has 0 heterocycles. The van der Waals surface area contributed by atoms with Crippen LogP contribution >= 0.6 is 31.9 Å². The lowest BCUT2D eigenvalue weighted by Gasteiger charge is -2.12. The summed E-state index contributed by atoms with van der Waals surface area (Å²) < 4.78 is 28.4. The monoisotopic (exact) mass is 419 g/mol. The Balaban J connectivity index is 2.46. The van der Waals surface area contributed by atoms with Crippen molar-refractivity contribution in [1.29, 1.82) is 0 Å². The maximum absolute atomic E-state index is 12.4. The SMILES string of the molecule is Cc1c(O)cccc1NS(=O)(=O)c1cc(Br)ccc1Br. The van der Waals surface area contributed by atoms with Gasteiger partial charge in [-0.25, -0.2) is 8.42 Å². The van der Waals surface area contributed by atoms with Gasteiger partial charge in [0.05, 0.1) is 5.69 Å². The number of phenols is 1. The lowest BCUT2D eigenvalue weighted by molar-refractivity contribution is 0.471. The molecule has 0 radical (unpaired) electrons. The van der Waals surface area contributed by atoms with Gasteiger partial charge in [-0.2, -0.15) is 0 Å². The fourth-order valence-corrected chi connectivity index (χ4v) is 4.24. The van der Waals surface area contributed by atoms with E-state index in [1.165, 1.54) is 12.1 Å². The molecule has 0 saturated carbocycles. The predicted molar refractivity (Wildman–Crippen MR) is 85.5 cm³/mol. The molecule has 20 heavy (non-hydrogen) atoms. The first-order valence-corrected chi connectivity index (χ1v) is 8.64. The Labute approximate surface area is 134 Å². The molecule has 0 amide bonds. The zero-order chi connectivity index (χ0) is 14.9. The minimum Gasteiger partial charge on any atom is -0.508 e. The van der Waals surface area contributed by atoms with Gasteiger partial charge < -0.3 is 5.11 Å². The molecule has 0 aliphatic carbocycles. The molecule has 0 fully saturated rings. The lowest BCUT2D eigenvalue weighted by atomic mass is 10.2. The van der Waals surface area contributed by atoms with Gasteiger partial charge in [0.1, 0.15) is 10.6 Å². The lowest BCUT2D eigenvalue weighted by Crippen LogP contribution is -2.14. The fourth-order valence-electron chi connectivity index (χ4n) is 1.62. The molecule has 0 spiro atoms. The molecule has 2 rings (SSSR count). The maximum atomic E-state index is 12.4. The Morgan fingerprint density at radius 2 is 1.85 bits per heavy atom. The first kappa shape index (κ1) is 15.3. The van der Waals surface area contributed by atoms with Crippen molar-refractivity contribution in [2.75, 3.05) is 4.72 Å². The van der Waals surface area contributed by atoms with Crippen molar-refractivity contribution in [3.8, 4) is 5.75 Å². The van der Waals surface area contributed by atoms with E-state index >= 15 is 0 Å². The van der Waals surface area contributed by atoms with Gasteiger partial charge in [-0.1, -0.05) is 22.0 Å². The number of aromatic hydroxyl groups is 1. The highest BCUT2D eigenvalue weighted by molar-refractivity contribution is 9.11. The Bertz CT molecular complexity index is 760. The highest BCUT2D eigenvalue weighted by Crippen LogP contribution is 2.30. The van der Waals surface area contributed by atoms with Gasteiger partial charge in [0.15, 0.2) is 0 Å². The summed E-state index contributed by atoms with van der Waals surface area (Å²) in [7, 11) is -3.74. The second kappa shape index (κ2) is 5.75. The molecule has 0 atom stereocenters. The number of sulfonamides is 1. The third-order valence-corrected chi connectivity index (χ3v) is 5.58. The molecule has 2 aromatic carbocycles. The van der Waals surface area contributed by atoms with Crippen molar-refractivity contribution in [3.63, 3.8) is 0 Å². The topological polar surface area (TPSA) is 66.4 Å². The van der Waals surface area contributed by atoms with E-state index in [0.29, 0.717) is 20.2 Å². The van der Waals surface area contributed by atoms with E-state index < -0.39 is 10.0 Å². The van der Waals surface area contributed by atoms with Crippen LogP contribution in [-0.2, 0) is 10.0 Å². The molecule has 0 aromatic heterocycles. The second-order valence-corrected chi connectivity index (χ2v) is 7.55. The van der Waals surface area contributed by atoms with Crippen LogP contribution < -0.4 is 4.72 Å². The molecule has 0 unspecified atom stereocenters. The summed E-state index contributed by atoms with van der Waals surface area (Å²) >= 11 is 6.47. The van der Waals surface area contributed by atoms with Crippen molar-refractivity contribution >= 4 is 47.6 Å². The van der Waals surface area contributed by atoms with Crippen LogP contribution in [0.25, 0.3) is 0 Å². The zero-order valence-electron chi connectivity index (χ0n) is 10.4. The third-order valence-electron chi connectivity index (χ3n) is 2.73.